The summed E-state index contributed by atoms with van der Waals surface area (Å²) in [5.74, 6) is 0.0379. The molecule has 0 unspecified atom stereocenters. The number of primary amides is 1. The van der Waals surface area contributed by atoms with Gasteiger partial charge in [-0.15, -0.1) is 0 Å². The lowest BCUT2D eigenvalue weighted by molar-refractivity contribution is -0.118. The molecule has 0 radical (unpaired) electrons. The van der Waals surface area contributed by atoms with Gasteiger partial charge in [0.2, 0.25) is 5.91 Å². The van der Waals surface area contributed by atoms with Gasteiger partial charge in [0, 0.05) is 10.9 Å². The van der Waals surface area contributed by atoms with Gasteiger partial charge in [0.25, 0.3) is 0 Å². The molecule has 0 saturated carbocycles. The molecule has 3 N–H and O–H groups in total. The molecule has 6 nitrogen and oxygen atoms in total. The molecule has 1 aromatic rings. The van der Waals surface area contributed by atoms with E-state index in [1.54, 1.807) is 26.8 Å². The number of nitrogens with one attached hydrogen (secondary N) is 1. The molecule has 8 heteroatoms. The SMILES string of the molecule is Cc1cc(Br)c(Cl)c(OC[C@H](CCC(N)=O)NC(=O)OC(C)(C)C)c1. The van der Waals surface area contributed by atoms with E-state index in [9.17, 15) is 9.59 Å². The molecular formula is C17H24BrClN2O4. The molecule has 1 aromatic carbocycles. The zero-order valence-electron chi connectivity index (χ0n) is 14.8. The second kappa shape index (κ2) is 9.29. The van der Waals surface area contributed by atoms with Crippen LogP contribution >= 0.6 is 27.5 Å². The van der Waals surface area contributed by atoms with Crippen LogP contribution in [0.2, 0.25) is 5.02 Å². The Bertz CT molecular complexity index is 632. The maximum Gasteiger partial charge on any atom is 0.407 e. The molecule has 140 valence electrons. The molecule has 2 amide bonds. The van der Waals surface area contributed by atoms with E-state index < -0.39 is 23.6 Å². The first-order valence-electron chi connectivity index (χ1n) is 7.84. The highest BCUT2D eigenvalue weighted by atomic mass is 79.9. The predicted octanol–water partition coefficient (Wildman–Crippen LogP) is 3.95. The third kappa shape index (κ3) is 8.45. The van der Waals surface area contributed by atoms with Crippen molar-refractivity contribution in [2.75, 3.05) is 6.61 Å². The van der Waals surface area contributed by atoms with Gasteiger partial charge in [-0.3, -0.25) is 4.79 Å². The standard InChI is InChI=1S/C17H24BrClN2O4/c1-10-7-12(18)15(19)13(8-10)24-9-11(5-6-14(20)22)21-16(23)25-17(2,3)4/h7-8,11H,5-6,9H2,1-4H3,(H2,20,22)(H,21,23)/t11-/m0/s1. The van der Waals surface area contributed by atoms with Gasteiger partial charge in [-0.1, -0.05) is 11.6 Å². The Hall–Kier alpha value is -1.47. The van der Waals surface area contributed by atoms with Crippen molar-refractivity contribution in [3.05, 3.63) is 27.2 Å². The molecule has 25 heavy (non-hydrogen) atoms. The van der Waals surface area contributed by atoms with Crippen molar-refractivity contribution in [2.45, 2.75) is 52.2 Å². The van der Waals surface area contributed by atoms with Crippen LogP contribution in [0.4, 0.5) is 4.79 Å². The smallest absolute Gasteiger partial charge is 0.407 e. The fourth-order valence-electron chi connectivity index (χ4n) is 1.98. The Morgan fingerprint density at radius 1 is 1.36 bits per heavy atom. The number of amides is 2. The van der Waals surface area contributed by atoms with Crippen LogP contribution in [0.5, 0.6) is 5.75 Å². The van der Waals surface area contributed by atoms with Crippen molar-refractivity contribution in [3.63, 3.8) is 0 Å². The minimum Gasteiger partial charge on any atom is -0.490 e. The van der Waals surface area contributed by atoms with Crippen molar-refractivity contribution in [3.8, 4) is 5.75 Å². The molecule has 0 fully saturated rings. The minimum absolute atomic E-state index is 0.120. The lowest BCUT2D eigenvalue weighted by Crippen LogP contribution is -2.42. The first-order chi connectivity index (χ1) is 11.5. The summed E-state index contributed by atoms with van der Waals surface area (Å²) in [6, 6.07) is 3.22. The number of aryl methyl sites for hydroxylation is 1. The Balaban J connectivity index is 2.76. The Morgan fingerprint density at radius 2 is 2.00 bits per heavy atom. The first-order valence-corrected chi connectivity index (χ1v) is 9.01. The largest absolute Gasteiger partial charge is 0.490 e. The Morgan fingerprint density at radius 3 is 2.56 bits per heavy atom. The maximum atomic E-state index is 12.0. The molecular weight excluding hydrogens is 412 g/mol. The number of carbonyl (C=O) groups is 2. The zero-order valence-corrected chi connectivity index (χ0v) is 17.2. The third-order valence-electron chi connectivity index (χ3n) is 3.04. The molecule has 0 aliphatic heterocycles. The van der Waals surface area contributed by atoms with Crippen LogP contribution in [-0.2, 0) is 9.53 Å². The van der Waals surface area contributed by atoms with Gasteiger partial charge >= 0.3 is 6.09 Å². The number of alkyl carbamates (subject to hydrolysis) is 1. The number of benzene rings is 1. The normalized spacial score (nSPS) is 12.4. The molecule has 1 rings (SSSR count). The highest BCUT2D eigenvalue weighted by Gasteiger charge is 2.21. The average molecular weight is 436 g/mol. The molecule has 0 aromatic heterocycles. The maximum absolute atomic E-state index is 12.0. The van der Waals surface area contributed by atoms with E-state index in [2.05, 4.69) is 21.2 Å². The second-order valence-electron chi connectivity index (χ2n) is 6.72. The molecule has 0 bridgehead atoms. The summed E-state index contributed by atoms with van der Waals surface area (Å²) in [6.45, 7) is 7.35. The van der Waals surface area contributed by atoms with Gasteiger partial charge < -0.3 is 20.5 Å². The topological polar surface area (TPSA) is 90.6 Å². The van der Waals surface area contributed by atoms with E-state index in [-0.39, 0.29) is 13.0 Å². The number of nitrogens with two attached hydrogens (primary N) is 1. The lowest BCUT2D eigenvalue weighted by atomic mass is 10.1. The van der Waals surface area contributed by atoms with E-state index in [1.807, 2.05) is 13.0 Å². The monoisotopic (exact) mass is 434 g/mol. The van der Waals surface area contributed by atoms with E-state index in [4.69, 9.17) is 26.8 Å². The molecule has 0 aliphatic rings. The Labute approximate surface area is 161 Å². The van der Waals surface area contributed by atoms with Crippen molar-refractivity contribution >= 4 is 39.5 Å². The number of ether oxygens (including phenoxy) is 2. The summed E-state index contributed by atoms with van der Waals surface area (Å²) in [5, 5.41) is 3.14. The highest BCUT2D eigenvalue weighted by Crippen LogP contribution is 2.33. The number of carbonyl (C=O) groups excluding carboxylic acids is 2. The van der Waals surface area contributed by atoms with Gasteiger partial charge in [0.1, 0.15) is 18.0 Å². The van der Waals surface area contributed by atoms with E-state index in [1.165, 1.54) is 0 Å². The molecule has 0 spiro atoms. The second-order valence-corrected chi connectivity index (χ2v) is 7.95. The molecule has 0 saturated heterocycles. The molecule has 0 aliphatic carbocycles. The van der Waals surface area contributed by atoms with Crippen LogP contribution in [0.25, 0.3) is 0 Å². The van der Waals surface area contributed by atoms with E-state index in [0.717, 1.165) is 10.0 Å². The Kier molecular flexibility index (Phi) is 8.02. The number of rotatable bonds is 7. The quantitative estimate of drug-likeness (QED) is 0.678. The molecule has 1 atom stereocenters. The first kappa shape index (κ1) is 21.6. The van der Waals surface area contributed by atoms with Crippen LogP contribution in [0, 0.1) is 6.92 Å². The minimum atomic E-state index is -0.621. The third-order valence-corrected chi connectivity index (χ3v) is 4.28. The van der Waals surface area contributed by atoms with Crippen molar-refractivity contribution in [1.29, 1.82) is 0 Å². The number of halogens is 2. The van der Waals surface area contributed by atoms with Gasteiger partial charge in [0.15, 0.2) is 0 Å². The van der Waals surface area contributed by atoms with Gasteiger partial charge in [0.05, 0.1) is 11.1 Å². The van der Waals surface area contributed by atoms with Crippen LogP contribution in [0.1, 0.15) is 39.2 Å². The van der Waals surface area contributed by atoms with Crippen molar-refractivity contribution in [2.24, 2.45) is 5.73 Å². The van der Waals surface area contributed by atoms with Gasteiger partial charge in [-0.2, -0.15) is 0 Å². The summed E-state index contributed by atoms with van der Waals surface area (Å²) >= 11 is 9.58. The van der Waals surface area contributed by atoms with Crippen LogP contribution in [-0.4, -0.2) is 30.3 Å². The van der Waals surface area contributed by atoms with Crippen LogP contribution in [0.15, 0.2) is 16.6 Å². The summed E-state index contributed by atoms with van der Waals surface area (Å²) < 4.78 is 11.7. The van der Waals surface area contributed by atoms with Gasteiger partial charge in [-0.25, -0.2) is 4.79 Å². The molecule has 0 heterocycles. The number of hydrogen-bond donors (Lipinski definition) is 2. The van der Waals surface area contributed by atoms with Crippen molar-refractivity contribution in [1.82, 2.24) is 5.32 Å². The van der Waals surface area contributed by atoms with E-state index >= 15 is 0 Å². The zero-order chi connectivity index (χ0) is 19.2. The van der Waals surface area contributed by atoms with E-state index in [0.29, 0.717) is 17.2 Å². The number of hydrogen-bond acceptors (Lipinski definition) is 4. The predicted molar refractivity (Wildman–Crippen MR) is 101 cm³/mol. The summed E-state index contributed by atoms with van der Waals surface area (Å²) in [7, 11) is 0. The van der Waals surface area contributed by atoms with Crippen molar-refractivity contribution < 1.29 is 19.1 Å². The highest BCUT2D eigenvalue weighted by molar-refractivity contribution is 9.10. The summed E-state index contributed by atoms with van der Waals surface area (Å²) in [6.07, 6.45) is -0.129. The van der Waals surface area contributed by atoms with Gasteiger partial charge in [-0.05, 0) is 67.7 Å². The van der Waals surface area contributed by atoms with Crippen LogP contribution < -0.4 is 15.8 Å². The van der Waals surface area contributed by atoms with Crippen LogP contribution in [0.3, 0.4) is 0 Å². The fraction of sp³-hybridized carbons (Fsp3) is 0.529. The fourth-order valence-corrected chi connectivity index (χ4v) is 2.70. The summed E-state index contributed by atoms with van der Waals surface area (Å²) in [4.78, 5) is 23.0. The lowest BCUT2D eigenvalue weighted by Gasteiger charge is -2.24. The average Bonchev–Trinajstić information content (AvgIpc) is 2.44. The summed E-state index contributed by atoms with van der Waals surface area (Å²) in [5.41, 5.74) is 5.54.